The molecule has 6 heteroatoms. The van der Waals surface area contributed by atoms with Gasteiger partial charge >= 0.3 is 0 Å². The first-order valence-electron chi connectivity index (χ1n) is 9.62. The van der Waals surface area contributed by atoms with Gasteiger partial charge in [0.25, 0.3) is 0 Å². The summed E-state index contributed by atoms with van der Waals surface area (Å²) < 4.78 is 0. The lowest BCUT2D eigenvalue weighted by atomic mass is 9.95. The molecule has 1 aromatic carbocycles. The third-order valence-corrected chi connectivity index (χ3v) is 5.76. The van der Waals surface area contributed by atoms with E-state index in [0.29, 0.717) is 11.8 Å². The SMILES string of the molecule is CC(C(=O)N(C)c1ccccc1)N1CCC(c2nc(C3CC3)n[nH]2)CC1. The molecule has 6 nitrogen and oxygen atoms in total. The van der Waals surface area contributed by atoms with E-state index in [-0.39, 0.29) is 11.9 Å². The van der Waals surface area contributed by atoms with Crippen molar-refractivity contribution in [1.29, 1.82) is 0 Å². The third-order valence-electron chi connectivity index (χ3n) is 5.76. The number of likely N-dealkylation sites (tertiary alicyclic amines) is 1. The Morgan fingerprint density at radius 3 is 2.50 bits per heavy atom. The van der Waals surface area contributed by atoms with Crippen molar-refractivity contribution in [3.63, 3.8) is 0 Å². The average molecular weight is 353 g/mol. The minimum Gasteiger partial charge on any atom is -0.314 e. The summed E-state index contributed by atoms with van der Waals surface area (Å²) in [5.74, 6) is 3.19. The maximum absolute atomic E-state index is 12.8. The second-order valence-electron chi connectivity index (χ2n) is 7.57. The summed E-state index contributed by atoms with van der Waals surface area (Å²) in [5.41, 5.74) is 0.938. The van der Waals surface area contributed by atoms with Gasteiger partial charge < -0.3 is 4.90 Å². The van der Waals surface area contributed by atoms with Crippen LogP contribution in [0, 0.1) is 0 Å². The van der Waals surface area contributed by atoms with Crippen molar-refractivity contribution in [2.24, 2.45) is 0 Å². The lowest BCUT2D eigenvalue weighted by Crippen LogP contribution is -2.48. The Morgan fingerprint density at radius 1 is 1.15 bits per heavy atom. The maximum atomic E-state index is 12.8. The quantitative estimate of drug-likeness (QED) is 0.898. The van der Waals surface area contributed by atoms with Crippen LogP contribution >= 0.6 is 0 Å². The van der Waals surface area contributed by atoms with E-state index in [9.17, 15) is 4.79 Å². The highest BCUT2D eigenvalue weighted by Crippen LogP contribution is 2.38. The molecule has 1 atom stereocenters. The van der Waals surface area contributed by atoms with Crippen LogP contribution in [0.3, 0.4) is 0 Å². The third kappa shape index (κ3) is 3.51. The number of benzene rings is 1. The summed E-state index contributed by atoms with van der Waals surface area (Å²) in [5, 5.41) is 7.53. The molecule has 1 aliphatic heterocycles. The van der Waals surface area contributed by atoms with Crippen LogP contribution in [0.4, 0.5) is 5.69 Å². The van der Waals surface area contributed by atoms with Gasteiger partial charge in [-0.3, -0.25) is 14.8 Å². The Balaban J connectivity index is 1.33. The number of nitrogens with one attached hydrogen (secondary N) is 1. The van der Waals surface area contributed by atoms with Crippen molar-refractivity contribution in [2.45, 2.75) is 50.5 Å². The van der Waals surface area contributed by atoms with E-state index in [1.165, 1.54) is 12.8 Å². The second-order valence-corrected chi connectivity index (χ2v) is 7.57. The summed E-state index contributed by atoms with van der Waals surface area (Å²) in [6, 6.07) is 9.72. The van der Waals surface area contributed by atoms with E-state index < -0.39 is 0 Å². The molecule has 4 rings (SSSR count). The zero-order chi connectivity index (χ0) is 18.1. The van der Waals surface area contributed by atoms with Crippen LogP contribution < -0.4 is 4.90 Å². The highest BCUT2D eigenvalue weighted by molar-refractivity contribution is 5.96. The summed E-state index contributed by atoms with van der Waals surface area (Å²) in [7, 11) is 1.86. The number of anilines is 1. The van der Waals surface area contributed by atoms with Crippen molar-refractivity contribution in [3.05, 3.63) is 42.0 Å². The summed E-state index contributed by atoms with van der Waals surface area (Å²) in [4.78, 5) is 21.6. The van der Waals surface area contributed by atoms with Crippen LogP contribution in [0.5, 0.6) is 0 Å². The maximum Gasteiger partial charge on any atom is 0.243 e. The zero-order valence-corrected chi connectivity index (χ0v) is 15.6. The molecule has 2 fully saturated rings. The minimum atomic E-state index is -0.113. The first-order chi connectivity index (χ1) is 12.6. The second kappa shape index (κ2) is 7.19. The fourth-order valence-electron chi connectivity index (χ4n) is 3.77. The first kappa shape index (κ1) is 17.2. The van der Waals surface area contributed by atoms with Gasteiger partial charge in [-0.25, -0.2) is 4.98 Å². The minimum absolute atomic E-state index is 0.113. The molecule has 0 bridgehead atoms. The molecule has 1 N–H and O–H groups in total. The van der Waals surface area contributed by atoms with Gasteiger partial charge in [-0.15, -0.1) is 0 Å². The Hall–Kier alpha value is -2.21. The smallest absolute Gasteiger partial charge is 0.243 e. The topological polar surface area (TPSA) is 65.1 Å². The number of carbonyl (C=O) groups is 1. The lowest BCUT2D eigenvalue weighted by molar-refractivity contribution is -0.123. The van der Waals surface area contributed by atoms with Gasteiger partial charge in [0.15, 0.2) is 5.82 Å². The van der Waals surface area contributed by atoms with E-state index in [1.54, 1.807) is 4.90 Å². The van der Waals surface area contributed by atoms with Crippen LogP contribution in [0.2, 0.25) is 0 Å². The zero-order valence-electron chi connectivity index (χ0n) is 15.6. The highest BCUT2D eigenvalue weighted by Gasteiger charge is 2.32. The summed E-state index contributed by atoms with van der Waals surface area (Å²) >= 11 is 0. The standard InChI is InChI=1S/C20H27N5O/c1-14(20(26)24(2)17-6-4-3-5-7-17)25-12-10-16(11-13-25)19-21-18(22-23-19)15-8-9-15/h3-7,14-16H,8-13H2,1-2H3,(H,21,22,23). The number of likely N-dealkylation sites (N-methyl/N-ethyl adjacent to an activating group) is 1. The molecular formula is C20H27N5O. The molecule has 1 saturated carbocycles. The first-order valence-corrected chi connectivity index (χ1v) is 9.62. The molecule has 2 aliphatic rings. The molecule has 0 radical (unpaired) electrons. The van der Waals surface area contributed by atoms with Gasteiger partial charge in [-0.2, -0.15) is 5.10 Å². The highest BCUT2D eigenvalue weighted by atomic mass is 16.2. The molecule has 1 unspecified atom stereocenters. The number of rotatable bonds is 5. The lowest BCUT2D eigenvalue weighted by Gasteiger charge is -2.36. The van der Waals surface area contributed by atoms with Crippen molar-refractivity contribution < 1.29 is 4.79 Å². The van der Waals surface area contributed by atoms with Gasteiger partial charge in [0.05, 0.1) is 6.04 Å². The Bertz CT molecular complexity index is 747. The molecule has 1 saturated heterocycles. The normalized spacial score (nSPS) is 20.1. The van der Waals surface area contributed by atoms with Gasteiger partial charge in [0.1, 0.15) is 5.82 Å². The number of carbonyl (C=O) groups excluding carboxylic acids is 1. The fourth-order valence-corrected chi connectivity index (χ4v) is 3.77. The van der Waals surface area contributed by atoms with Gasteiger partial charge in [0, 0.05) is 24.6 Å². The Kier molecular flexibility index (Phi) is 4.76. The number of H-pyrrole nitrogens is 1. The molecule has 1 amide bonds. The van der Waals surface area contributed by atoms with Crippen molar-refractivity contribution >= 4 is 11.6 Å². The van der Waals surface area contributed by atoms with Crippen LogP contribution in [0.1, 0.15) is 56.1 Å². The number of aromatic amines is 1. The largest absolute Gasteiger partial charge is 0.314 e. The summed E-state index contributed by atoms with van der Waals surface area (Å²) in [6.45, 7) is 3.85. The van der Waals surface area contributed by atoms with Crippen LogP contribution in [0.25, 0.3) is 0 Å². The summed E-state index contributed by atoms with van der Waals surface area (Å²) in [6.07, 6.45) is 4.49. The number of aromatic nitrogens is 3. The number of para-hydroxylation sites is 1. The molecule has 2 heterocycles. The van der Waals surface area contributed by atoms with Crippen molar-refractivity contribution in [2.75, 3.05) is 25.0 Å². The number of hydrogen-bond acceptors (Lipinski definition) is 4. The molecular weight excluding hydrogens is 326 g/mol. The van der Waals surface area contributed by atoms with E-state index in [1.807, 2.05) is 44.3 Å². The molecule has 138 valence electrons. The molecule has 1 aromatic heterocycles. The molecule has 2 aromatic rings. The van der Waals surface area contributed by atoms with Crippen LogP contribution in [-0.4, -0.2) is 52.2 Å². The van der Waals surface area contributed by atoms with Crippen molar-refractivity contribution in [1.82, 2.24) is 20.1 Å². The van der Waals surface area contributed by atoms with E-state index in [0.717, 1.165) is 43.3 Å². The molecule has 0 spiro atoms. The van der Waals surface area contributed by atoms with Gasteiger partial charge in [-0.05, 0) is 57.8 Å². The number of piperidine rings is 1. The van der Waals surface area contributed by atoms with E-state index >= 15 is 0 Å². The van der Waals surface area contributed by atoms with Gasteiger partial charge in [0.2, 0.25) is 5.91 Å². The fraction of sp³-hybridized carbons (Fsp3) is 0.550. The van der Waals surface area contributed by atoms with Crippen molar-refractivity contribution in [3.8, 4) is 0 Å². The predicted octanol–water partition coefficient (Wildman–Crippen LogP) is 2.91. The number of nitrogens with zero attached hydrogens (tertiary/aromatic N) is 4. The molecule has 1 aliphatic carbocycles. The monoisotopic (exact) mass is 353 g/mol. The van der Waals surface area contributed by atoms with Crippen LogP contribution in [0.15, 0.2) is 30.3 Å². The predicted molar refractivity (Wildman–Crippen MR) is 101 cm³/mol. The Morgan fingerprint density at radius 2 is 1.85 bits per heavy atom. The van der Waals surface area contributed by atoms with Gasteiger partial charge in [-0.1, -0.05) is 18.2 Å². The van der Waals surface area contributed by atoms with E-state index in [4.69, 9.17) is 4.98 Å². The average Bonchev–Trinajstić information content (AvgIpc) is 3.44. The number of hydrogen-bond donors (Lipinski definition) is 1. The number of amides is 1. The van der Waals surface area contributed by atoms with E-state index in [2.05, 4.69) is 15.1 Å². The van der Waals surface area contributed by atoms with Crippen LogP contribution in [-0.2, 0) is 4.79 Å². The molecule has 26 heavy (non-hydrogen) atoms. The Labute approximate surface area is 154 Å².